The van der Waals surface area contributed by atoms with Crippen LogP contribution >= 0.6 is 0 Å². The number of benzene rings is 1. The molecule has 0 aliphatic carbocycles. The first-order valence-electron chi connectivity index (χ1n) is 5.67. The third-order valence-corrected chi connectivity index (χ3v) is 3.12. The topological polar surface area (TPSA) is 29.1 Å². The average molecular weight is 203 g/mol. The van der Waals surface area contributed by atoms with Crippen LogP contribution in [-0.2, 0) is 12.8 Å². The highest BCUT2D eigenvalue weighted by molar-refractivity contribution is 5.97. The van der Waals surface area contributed by atoms with Gasteiger partial charge in [-0.25, -0.2) is 0 Å². The quantitative estimate of drug-likeness (QED) is 0.785. The molecule has 1 aromatic rings. The van der Waals surface area contributed by atoms with Crippen LogP contribution in [0.1, 0.15) is 41.8 Å². The monoisotopic (exact) mass is 203 g/mol. The second kappa shape index (κ2) is 4.05. The van der Waals surface area contributed by atoms with Gasteiger partial charge < -0.3 is 5.32 Å². The van der Waals surface area contributed by atoms with Gasteiger partial charge in [-0.2, -0.15) is 0 Å². The third kappa shape index (κ3) is 1.89. The summed E-state index contributed by atoms with van der Waals surface area (Å²) in [4.78, 5) is 11.8. The first kappa shape index (κ1) is 10.2. The first-order chi connectivity index (χ1) is 7.24. The van der Waals surface area contributed by atoms with Crippen molar-refractivity contribution in [2.24, 2.45) is 0 Å². The summed E-state index contributed by atoms with van der Waals surface area (Å²) >= 11 is 0. The second-order valence-electron chi connectivity index (χ2n) is 4.13. The molecule has 1 unspecified atom stereocenters. The lowest BCUT2D eigenvalue weighted by Gasteiger charge is -2.25. The second-order valence-corrected chi connectivity index (χ2v) is 4.13. The van der Waals surface area contributed by atoms with E-state index in [1.807, 2.05) is 6.07 Å². The van der Waals surface area contributed by atoms with Crippen LogP contribution in [0.25, 0.3) is 0 Å². The van der Waals surface area contributed by atoms with Crippen molar-refractivity contribution in [3.8, 4) is 0 Å². The maximum atomic E-state index is 11.8. The molecule has 15 heavy (non-hydrogen) atoms. The van der Waals surface area contributed by atoms with E-state index in [1.54, 1.807) is 0 Å². The zero-order valence-corrected chi connectivity index (χ0v) is 9.34. The summed E-state index contributed by atoms with van der Waals surface area (Å²) in [5.74, 6) is 0.0957. The lowest BCUT2D eigenvalue weighted by Crippen LogP contribution is -2.40. The first-order valence-corrected chi connectivity index (χ1v) is 5.67. The molecule has 1 heterocycles. The summed E-state index contributed by atoms with van der Waals surface area (Å²) in [5.41, 5.74) is 3.31. The summed E-state index contributed by atoms with van der Waals surface area (Å²) in [6.07, 6.45) is 2.96. The molecule has 0 radical (unpaired) electrons. The Balaban J connectivity index is 2.37. The fraction of sp³-hybridized carbons (Fsp3) is 0.462. The van der Waals surface area contributed by atoms with Crippen LogP contribution in [0, 0.1) is 0 Å². The number of carbonyl (C=O) groups is 1. The van der Waals surface area contributed by atoms with Crippen LogP contribution in [0.3, 0.4) is 0 Å². The van der Waals surface area contributed by atoms with Crippen molar-refractivity contribution in [2.45, 2.75) is 39.2 Å². The van der Waals surface area contributed by atoms with Gasteiger partial charge in [0.1, 0.15) is 0 Å². The summed E-state index contributed by atoms with van der Waals surface area (Å²) in [7, 11) is 0. The summed E-state index contributed by atoms with van der Waals surface area (Å²) < 4.78 is 0. The Bertz CT molecular complexity index is 384. The molecule has 1 N–H and O–H groups in total. The van der Waals surface area contributed by atoms with E-state index in [9.17, 15) is 4.79 Å². The van der Waals surface area contributed by atoms with Gasteiger partial charge in [-0.3, -0.25) is 4.79 Å². The molecule has 1 aliphatic heterocycles. The molecular weight excluding hydrogens is 186 g/mol. The van der Waals surface area contributed by atoms with Gasteiger partial charge in [0, 0.05) is 11.6 Å². The van der Waals surface area contributed by atoms with E-state index in [2.05, 4.69) is 31.3 Å². The largest absolute Gasteiger partial charge is 0.349 e. The van der Waals surface area contributed by atoms with Crippen LogP contribution in [0.4, 0.5) is 0 Å². The number of amides is 1. The van der Waals surface area contributed by atoms with E-state index in [1.165, 1.54) is 11.1 Å². The average Bonchev–Trinajstić information content (AvgIpc) is 2.28. The molecule has 1 atom stereocenters. The molecule has 1 aromatic carbocycles. The molecular formula is C13H17NO. The Hall–Kier alpha value is -1.31. The van der Waals surface area contributed by atoms with Crippen LogP contribution in [-0.4, -0.2) is 11.9 Å². The standard InChI is InChI=1S/C13H17NO/c1-3-9-5-6-10-8-11(4-2)14-13(15)12(10)7-9/h5-7,11H,3-4,8H2,1-2H3,(H,14,15). The van der Waals surface area contributed by atoms with Crippen molar-refractivity contribution in [1.29, 1.82) is 0 Å². The fourth-order valence-corrected chi connectivity index (χ4v) is 2.06. The van der Waals surface area contributed by atoms with Crippen molar-refractivity contribution < 1.29 is 4.79 Å². The number of aryl methyl sites for hydroxylation is 1. The van der Waals surface area contributed by atoms with Crippen molar-refractivity contribution in [3.63, 3.8) is 0 Å². The van der Waals surface area contributed by atoms with Crippen LogP contribution in [0.15, 0.2) is 18.2 Å². The van der Waals surface area contributed by atoms with Crippen LogP contribution in [0.2, 0.25) is 0 Å². The molecule has 1 aliphatic rings. The van der Waals surface area contributed by atoms with E-state index in [4.69, 9.17) is 0 Å². The normalized spacial score (nSPS) is 19.6. The minimum Gasteiger partial charge on any atom is -0.349 e. The maximum absolute atomic E-state index is 11.8. The number of fused-ring (bicyclic) bond motifs is 1. The highest BCUT2D eigenvalue weighted by Gasteiger charge is 2.22. The van der Waals surface area contributed by atoms with E-state index in [0.29, 0.717) is 6.04 Å². The third-order valence-electron chi connectivity index (χ3n) is 3.12. The summed E-state index contributed by atoms with van der Waals surface area (Å²) in [6, 6.07) is 6.58. The minimum absolute atomic E-state index is 0.0957. The van der Waals surface area contributed by atoms with E-state index < -0.39 is 0 Å². The SMILES string of the molecule is CCc1ccc2c(c1)C(=O)NC(CC)C2. The molecule has 0 spiro atoms. The Morgan fingerprint density at radius 1 is 1.40 bits per heavy atom. The van der Waals surface area contributed by atoms with E-state index >= 15 is 0 Å². The Morgan fingerprint density at radius 3 is 2.87 bits per heavy atom. The molecule has 0 aromatic heterocycles. The van der Waals surface area contributed by atoms with Gasteiger partial charge in [0.2, 0.25) is 0 Å². The smallest absolute Gasteiger partial charge is 0.251 e. The molecule has 80 valence electrons. The molecule has 0 saturated carbocycles. The van der Waals surface area contributed by atoms with Crippen molar-refractivity contribution in [1.82, 2.24) is 5.32 Å². The van der Waals surface area contributed by atoms with Crippen molar-refractivity contribution in [3.05, 3.63) is 34.9 Å². The van der Waals surface area contributed by atoms with Crippen molar-refractivity contribution >= 4 is 5.91 Å². The minimum atomic E-state index is 0.0957. The van der Waals surface area contributed by atoms with Crippen molar-refractivity contribution in [2.75, 3.05) is 0 Å². The molecule has 2 heteroatoms. The predicted octanol–water partition coefficient (Wildman–Crippen LogP) is 2.31. The zero-order chi connectivity index (χ0) is 10.8. The number of nitrogens with one attached hydrogen (secondary N) is 1. The van der Waals surface area contributed by atoms with Crippen LogP contribution in [0.5, 0.6) is 0 Å². The van der Waals surface area contributed by atoms with Gasteiger partial charge in [-0.1, -0.05) is 26.0 Å². The fourth-order valence-electron chi connectivity index (χ4n) is 2.06. The Kier molecular flexibility index (Phi) is 2.76. The lowest BCUT2D eigenvalue weighted by atomic mass is 9.92. The van der Waals surface area contributed by atoms with Gasteiger partial charge in [-0.05, 0) is 36.5 Å². The molecule has 2 rings (SSSR count). The summed E-state index contributed by atoms with van der Waals surface area (Å²) in [5, 5.41) is 3.03. The lowest BCUT2D eigenvalue weighted by molar-refractivity contribution is 0.0924. The number of hydrogen-bond acceptors (Lipinski definition) is 1. The Labute approximate surface area is 90.7 Å². The molecule has 0 saturated heterocycles. The van der Waals surface area contributed by atoms with Gasteiger partial charge in [0.15, 0.2) is 0 Å². The van der Waals surface area contributed by atoms with Gasteiger partial charge in [-0.15, -0.1) is 0 Å². The molecule has 2 nitrogen and oxygen atoms in total. The van der Waals surface area contributed by atoms with Gasteiger partial charge in [0.05, 0.1) is 0 Å². The van der Waals surface area contributed by atoms with E-state index in [-0.39, 0.29) is 5.91 Å². The summed E-state index contributed by atoms with van der Waals surface area (Å²) in [6.45, 7) is 4.22. The highest BCUT2D eigenvalue weighted by atomic mass is 16.1. The predicted molar refractivity (Wildman–Crippen MR) is 61.1 cm³/mol. The van der Waals surface area contributed by atoms with Gasteiger partial charge >= 0.3 is 0 Å². The number of carbonyl (C=O) groups excluding carboxylic acids is 1. The molecule has 0 bridgehead atoms. The maximum Gasteiger partial charge on any atom is 0.251 e. The van der Waals surface area contributed by atoms with E-state index in [0.717, 1.165) is 24.8 Å². The molecule has 0 fully saturated rings. The Morgan fingerprint density at radius 2 is 2.20 bits per heavy atom. The molecule has 1 amide bonds. The van der Waals surface area contributed by atoms with Gasteiger partial charge in [0.25, 0.3) is 5.91 Å². The highest BCUT2D eigenvalue weighted by Crippen LogP contribution is 2.19. The zero-order valence-electron chi connectivity index (χ0n) is 9.34. The number of hydrogen-bond donors (Lipinski definition) is 1. The number of rotatable bonds is 2. The van der Waals surface area contributed by atoms with Crippen LogP contribution < -0.4 is 5.32 Å².